The van der Waals surface area contributed by atoms with E-state index in [-0.39, 0.29) is 12.1 Å². The standard InChI is InChI=1S/C13H22N2O2/c1-4-9-17-10-12-5-7-15(8-6-12)13(16)14-11(2)3/h1,11-12H,5-10H2,2-3H3,(H,14,16). The Balaban J connectivity index is 2.21. The number of carbonyl (C=O) groups excluding carboxylic acids is 1. The van der Waals surface area contributed by atoms with Crippen LogP contribution in [-0.2, 0) is 4.74 Å². The van der Waals surface area contributed by atoms with E-state index in [2.05, 4.69) is 11.2 Å². The number of urea groups is 1. The molecule has 1 aliphatic heterocycles. The molecule has 1 aliphatic rings. The van der Waals surface area contributed by atoms with Gasteiger partial charge in [0.25, 0.3) is 0 Å². The van der Waals surface area contributed by atoms with Crippen molar-refractivity contribution in [3.05, 3.63) is 0 Å². The zero-order valence-corrected chi connectivity index (χ0v) is 10.7. The SMILES string of the molecule is C#CCOCC1CCN(C(=O)NC(C)C)CC1. The number of hydrogen-bond donors (Lipinski definition) is 1. The highest BCUT2D eigenvalue weighted by Crippen LogP contribution is 2.17. The molecule has 1 N–H and O–H groups in total. The lowest BCUT2D eigenvalue weighted by Crippen LogP contribution is -2.46. The molecule has 0 unspecified atom stereocenters. The number of likely N-dealkylation sites (tertiary alicyclic amines) is 1. The van der Waals surface area contributed by atoms with Gasteiger partial charge >= 0.3 is 6.03 Å². The van der Waals surface area contributed by atoms with Crippen LogP contribution in [0, 0.1) is 18.3 Å². The van der Waals surface area contributed by atoms with Crippen molar-refractivity contribution >= 4 is 6.03 Å². The Morgan fingerprint density at radius 3 is 2.71 bits per heavy atom. The van der Waals surface area contributed by atoms with E-state index in [9.17, 15) is 4.79 Å². The number of ether oxygens (including phenoxy) is 1. The van der Waals surface area contributed by atoms with E-state index in [1.807, 2.05) is 18.7 Å². The maximum atomic E-state index is 11.7. The normalized spacial score (nSPS) is 16.9. The van der Waals surface area contributed by atoms with E-state index in [1.165, 1.54) is 0 Å². The van der Waals surface area contributed by atoms with Crippen LogP contribution in [0.3, 0.4) is 0 Å². The molecule has 1 saturated heterocycles. The number of piperidine rings is 1. The topological polar surface area (TPSA) is 41.6 Å². The first-order valence-electron chi connectivity index (χ1n) is 6.20. The molecule has 0 aliphatic carbocycles. The molecule has 0 aromatic heterocycles. The summed E-state index contributed by atoms with van der Waals surface area (Å²) in [6.07, 6.45) is 7.11. The van der Waals surface area contributed by atoms with Crippen molar-refractivity contribution < 1.29 is 9.53 Å². The van der Waals surface area contributed by atoms with Crippen molar-refractivity contribution in [2.75, 3.05) is 26.3 Å². The lowest BCUT2D eigenvalue weighted by Gasteiger charge is -2.32. The smallest absolute Gasteiger partial charge is 0.317 e. The van der Waals surface area contributed by atoms with Crippen molar-refractivity contribution in [1.29, 1.82) is 0 Å². The molecule has 1 rings (SSSR count). The molecular weight excluding hydrogens is 216 g/mol. The molecule has 0 radical (unpaired) electrons. The fourth-order valence-electron chi connectivity index (χ4n) is 1.93. The zero-order valence-electron chi connectivity index (χ0n) is 10.7. The molecule has 1 fully saturated rings. The van der Waals surface area contributed by atoms with E-state index in [4.69, 9.17) is 11.2 Å². The van der Waals surface area contributed by atoms with Crippen molar-refractivity contribution in [2.24, 2.45) is 5.92 Å². The summed E-state index contributed by atoms with van der Waals surface area (Å²) in [5.74, 6) is 2.99. The van der Waals surface area contributed by atoms with Crippen molar-refractivity contribution in [3.8, 4) is 12.3 Å². The Bertz CT molecular complexity index is 276. The predicted molar refractivity (Wildman–Crippen MR) is 67.6 cm³/mol. The summed E-state index contributed by atoms with van der Waals surface area (Å²) in [6.45, 7) is 6.65. The third kappa shape index (κ3) is 5.10. The first-order chi connectivity index (χ1) is 8.13. The van der Waals surface area contributed by atoms with Gasteiger partial charge in [-0.05, 0) is 32.6 Å². The molecule has 0 saturated carbocycles. The Labute approximate surface area is 104 Å². The molecule has 4 nitrogen and oxygen atoms in total. The number of hydrogen-bond acceptors (Lipinski definition) is 2. The molecule has 0 atom stereocenters. The van der Waals surface area contributed by atoms with Crippen LogP contribution in [-0.4, -0.2) is 43.3 Å². The third-order valence-electron chi connectivity index (χ3n) is 2.85. The first-order valence-corrected chi connectivity index (χ1v) is 6.20. The molecule has 96 valence electrons. The second-order valence-corrected chi connectivity index (χ2v) is 4.75. The first kappa shape index (κ1) is 13.9. The van der Waals surface area contributed by atoms with Gasteiger partial charge in [-0.15, -0.1) is 6.42 Å². The summed E-state index contributed by atoms with van der Waals surface area (Å²) in [5.41, 5.74) is 0. The van der Waals surface area contributed by atoms with Gasteiger partial charge in [0.15, 0.2) is 0 Å². The van der Waals surface area contributed by atoms with Crippen LogP contribution in [0.5, 0.6) is 0 Å². The lowest BCUT2D eigenvalue weighted by atomic mass is 9.98. The molecule has 2 amide bonds. The summed E-state index contributed by atoms with van der Waals surface area (Å²) in [7, 11) is 0. The Kier molecular flexibility index (Phi) is 5.85. The van der Waals surface area contributed by atoms with Crippen LogP contribution in [0.2, 0.25) is 0 Å². The fraction of sp³-hybridized carbons (Fsp3) is 0.769. The highest BCUT2D eigenvalue weighted by atomic mass is 16.5. The number of nitrogens with one attached hydrogen (secondary N) is 1. The van der Waals surface area contributed by atoms with E-state index in [1.54, 1.807) is 0 Å². The minimum Gasteiger partial charge on any atom is -0.369 e. The van der Waals surface area contributed by atoms with Gasteiger partial charge in [0, 0.05) is 19.1 Å². The lowest BCUT2D eigenvalue weighted by molar-refractivity contribution is 0.0908. The molecular formula is C13H22N2O2. The van der Waals surface area contributed by atoms with Crippen molar-refractivity contribution in [1.82, 2.24) is 10.2 Å². The van der Waals surface area contributed by atoms with Gasteiger partial charge in [0.2, 0.25) is 0 Å². The Hall–Kier alpha value is -1.21. The molecule has 0 aromatic carbocycles. The maximum Gasteiger partial charge on any atom is 0.317 e. The molecule has 4 heteroatoms. The summed E-state index contributed by atoms with van der Waals surface area (Å²) < 4.78 is 5.33. The van der Waals surface area contributed by atoms with Crippen molar-refractivity contribution in [2.45, 2.75) is 32.7 Å². The monoisotopic (exact) mass is 238 g/mol. The summed E-state index contributed by atoms with van der Waals surface area (Å²) >= 11 is 0. The maximum absolute atomic E-state index is 11.7. The third-order valence-corrected chi connectivity index (χ3v) is 2.85. The molecule has 1 heterocycles. The van der Waals surface area contributed by atoms with Gasteiger partial charge in [-0.3, -0.25) is 0 Å². The predicted octanol–water partition coefficient (Wildman–Crippen LogP) is 1.47. The van der Waals surface area contributed by atoms with Gasteiger partial charge in [-0.25, -0.2) is 4.79 Å². The number of terminal acetylenes is 1. The fourth-order valence-corrected chi connectivity index (χ4v) is 1.93. The van der Waals surface area contributed by atoms with Gasteiger partial charge < -0.3 is 15.0 Å². The minimum atomic E-state index is 0.0444. The van der Waals surface area contributed by atoms with E-state index < -0.39 is 0 Å². The zero-order chi connectivity index (χ0) is 12.7. The summed E-state index contributed by atoms with van der Waals surface area (Å²) in [6, 6.07) is 0.238. The highest BCUT2D eigenvalue weighted by Gasteiger charge is 2.22. The number of rotatable bonds is 4. The number of amides is 2. The van der Waals surface area contributed by atoms with Crippen LogP contribution in [0.25, 0.3) is 0 Å². The average Bonchev–Trinajstić information content (AvgIpc) is 2.29. The molecule has 0 bridgehead atoms. The van der Waals surface area contributed by atoms with E-state index in [0.717, 1.165) is 25.9 Å². The molecule has 0 aromatic rings. The average molecular weight is 238 g/mol. The van der Waals surface area contributed by atoms with Gasteiger partial charge in [0.05, 0.1) is 6.61 Å². The second kappa shape index (κ2) is 7.18. The van der Waals surface area contributed by atoms with Crippen LogP contribution < -0.4 is 5.32 Å². The van der Waals surface area contributed by atoms with E-state index >= 15 is 0 Å². The molecule has 17 heavy (non-hydrogen) atoms. The highest BCUT2D eigenvalue weighted by molar-refractivity contribution is 5.74. The Morgan fingerprint density at radius 1 is 1.53 bits per heavy atom. The molecule has 0 spiro atoms. The minimum absolute atomic E-state index is 0.0444. The van der Waals surface area contributed by atoms with Gasteiger partial charge in [-0.2, -0.15) is 0 Å². The Morgan fingerprint density at radius 2 is 2.18 bits per heavy atom. The summed E-state index contributed by atoms with van der Waals surface area (Å²) in [5, 5.41) is 2.91. The second-order valence-electron chi connectivity index (χ2n) is 4.75. The van der Waals surface area contributed by atoms with Crippen LogP contribution in [0.4, 0.5) is 4.79 Å². The largest absolute Gasteiger partial charge is 0.369 e. The van der Waals surface area contributed by atoms with Crippen LogP contribution in [0.15, 0.2) is 0 Å². The number of nitrogens with zero attached hydrogens (tertiary/aromatic N) is 1. The van der Waals surface area contributed by atoms with Gasteiger partial charge in [0.1, 0.15) is 6.61 Å². The quantitative estimate of drug-likeness (QED) is 0.595. The van der Waals surface area contributed by atoms with Crippen LogP contribution in [0.1, 0.15) is 26.7 Å². The number of carbonyl (C=O) groups is 1. The van der Waals surface area contributed by atoms with E-state index in [0.29, 0.717) is 19.1 Å². The van der Waals surface area contributed by atoms with Gasteiger partial charge in [-0.1, -0.05) is 5.92 Å². The van der Waals surface area contributed by atoms with Crippen LogP contribution >= 0.6 is 0 Å². The van der Waals surface area contributed by atoms with Crippen molar-refractivity contribution in [3.63, 3.8) is 0 Å². The summed E-state index contributed by atoms with van der Waals surface area (Å²) in [4.78, 5) is 13.6.